The summed E-state index contributed by atoms with van der Waals surface area (Å²) in [5.41, 5.74) is 0.230. The molecule has 1 aliphatic rings. The Bertz CT molecular complexity index is 1450. The van der Waals surface area contributed by atoms with Crippen molar-refractivity contribution in [3.8, 4) is 34.8 Å². The monoisotopic (exact) mass is 618 g/mol. The number of hydrogen-bond acceptors (Lipinski definition) is 7. The minimum Gasteiger partial charge on any atom is -0.544 e. The van der Waals surface area contributed by atoms with Crippen LogP contribution < -0.4 is 18.6 Å². The van der Waals surface area contributed by atoms with Gasteiger partial charge in [-0.05, 0) is 79.0 Å². The van der Waals surface area contributed by atoms with Crippen LogP contribution in [0.2, 0.25) is 18.1 Å². The topological polar surface area (TPSA) is 75.6 Å². The zero-order chi connectivity index (χ0) is 32.0. The van der Waals surface area contributed by atoms with E-state index in [1.165, 1.54) is 0 Å². The summed E-state index contributed by atoms with van der Waals surface area (Å²) in [6.07, 6.45) is 1.33. The minimum absolute atomic E-state index is 0.113. The van der Waals surface area contributed by atoms with Crippen LogP contribution in [0.3, 0.4) is 0 Å². The Hall–Kier alpha value is -3.48. The fraction of sp³-hybridized carbons (Fsp3) is 0.444. The Morgan fingerprint density at radius 3 is 2.07 bits per heavy atom. The molecule has 3 aromatic carbocycles. The van der Waals surface area contributed by atoms with E-state index in [-0.39, 0.29) is 25.2 Å². The number of rotatable bonds is 11. The number of hydrogen-bond donors (Lipinski definition) is 1. The highest BCUT2D eigenvalue weighted by atomic mass is 28.4. The van der Waals surface area contributed by atoms with Crippen molar-refractivity contribution >= 4 is 8.32 Å². The van der Waals surface area contributed by atoms with E-state index in [9.17, 15) is 5.11 Å². The molecule has 0 aliphatic carbocycles. The van der Waals surface area contributed by atoms with E-state index in [0.29, 0.717) is 29.2 Å². The maximum absolute atomic E-state index is 12.5. The number of benzene rings is 3. The number of aryl methyl sites for hydroxylation is 1. The van der Waals surface area contributed by atoms with Gasteiger partial charge in [0, 0.05) is 32.3 Å². The van der Waals surface area contributed by atoms with Crippen LogP contribution in [0.4, 0.5) is 0 Å². The average molecular weight is 619 g/mol. The molecule has 1 aliphatic heterocycles. The van der Waals surface area contributed by atoms with Gasteiger partial charge in [-0.2, -0.15) is 0 Å². The lowest BCUT2D eigenvalue weighted by Crippen LogP contribution is -2.53. The summed E-state index contributed by atoms with van der Waals surface area (Å²) >= 11 is 0. The maximum Gasteiger partial charge on any atom is 0.250 e. The summed E-state index contributed by atoms with van der Waals surface area (Å²) in [5, 5.41) is 12.6. The lowest BCUT2D eigenvalue weighted by molar-refractivity contribution is -0.0274. The molecule has 0 spiro atoms. The van der Waals surface area contributed by atoms with Crippen molar-refractivity contribution in [2.75, 3.05) is 34.4 Å². The predicted molar refractivity (Wildman–Crippen MR) is 175 cm³/mol. The molecule has 2 unspecified atom stereocenters. The highest BCUT2D eigenvalue weighted by Crippen LogP contribution is 2.50. The second-order valence-corrected chi connectivity index (χ2v) is 17.6. The third kappa shape index (κ3) is 7.24. The molecule has 2 atom stereocenters. The molecule has 0 saturated heterocycles. The molecule has 0 radical (unpaired) electrons. The molecule has 1 heterocycles. The van der Waals surface area contributed by atoms with Crippen molar-refractivity contribution in [2.24, 2.45) is 0 Å². The first-order chi connectivity index (χ1) is 20.8. The van der Waals surface area contributed by atoms with Gasteiger partial charge in [0.25, 0.3) is 0 Å². The van der Waals surface area contributed by atoms with Crippen molar-refractivity contribution in [3.05, 3.63) is 83.4 Å². The maximum atomic E-state index is 12.5. The van der Waals surface area contributed by atoms with E-state index < -0.39 is 19.3 Å². The Morgan fingerprint density at radius 2 is 1.45 bits per heavy atom. The Labute approximate surface area is 263 Å². The fourth-order valence-electron chi connectivity index (χ4n) is 4.87. The van der Waals surface area contributed by atoms with Gasteiger partial charge in [0.05, 0.1) is 5.41 Å². The van der Waals surface area contributed by atoms with Gasteiger partial charge in [-0.3, -0.25) is 0 Å². The molecule has 236 valence electrons. The molecule has 0 fully saturated rings. The molecule has 3 aromatic rings. The van der Waals surface area contributed by atoms with Gasteiger partial charge in [0.2, 0.25) is 8.32 Å². The van der Waals surface area contributed by atoms with Crippen LogP contribution in [0.1, 0.15) is 50.8 Å². The lowest BCUT2D eigenvalue weighted by atomic mass is 9.64. The molecule has 7 nitrogen and oxygen atoms in total. The summed E-state index contributed by atoms with van der Waals surface area (Å²) in [6, 6.07) is 21.3. The van der Waals surface area contributed by atoms with Crippen LogP contribution in [-0.2, 0) is 26.9 Å². The molecule has 8 heteroatoms. The van der Waals surface area contributed by atoms with Gasteiger partial charge in [-0.25, -0.2) is 0 Å². The number of methoxy groups -OCH3 is 2. The minimum atomic E-state index is -1.90. The smallest absolute Gasteiger partial charge is 0.250 e. The fourth-order valence-corrected chi connectivity index (χ4v) is 5.91. The highest BCUT2D eigenvalue weighted by molar-refractivity contribution is 6.74. The Balaban J connectivity index is 1.59. The summed E-state index contributed by atoms with van der Waals surface area (Å²) in [5.74, 6) is 9.27. The van der Waals surface area contributed by atoms with E-state index >= 15 is 0 Å². The largest absolute Gasteiger partial charge is 0.544 e. The van der Waals surface area contributed by atoms with Crippen molar-refractivity contribution in [2.45, 2.75) is 69.7 Å². The van der Waals surface area contributed by atoms with Crippen LogP contribution in [-0.4, -0.2) is 47.8 Å². The highest BCUT2D eigenvalue weighted by Gasteiger charge is 2.53. The molecule has 0 bridgehead atoms. The van der Waals surface area contributed by atoms with Gasteiger partial charge >= 0.3 is 0 Å². The second kappa shape index (κ2) is 13.7. The Morgan fingerprint density at radius 1 is 0.864 bits per heavy atom. The van der Waals surface area contributed by atoms with Crippen molar-refractivity contribution < 1.29 is 33.2 Å². The molecular formula is C36H46O7Si. The second-order valence-electron chi connectivity index (χ2n) is 12.9. The van der Waals surface area contributed by atoms with Crippen LogP contribution in [0.25, 0.3) is 0 Å². The first-order valence-electron chi connectivity index (χ1n) is 14.9. The zero-order valence-corrected chi connectivity index (χ0v) is 28.3. The quantitative estimate of drug-likeness (QED) is 0.138. The van der Waals surface area contributed by atoms with Gasteiger partial charge in [0.15, 0.2) is 19.2 Å². The number of ether oxygens (including phenoxy) is 5. The summed E-state index contributed by atoms with van der Waals surface area (Å²) in [7, 11) is 1.25. The molecule has 0 aromatic heterocycles. The van der Waals surface area contributed by atoms with Crippen molar-refractivity contribution in [1.29, 1.82) is 0 Å². The van der Waals surface area contributed by atoms with Gasteiger partial charge in [-0.1, -0.05) is 56.9 Å². The summed E-state index contributed by atoms with van der Waals surface area (Å²) in [6.45, 7) is 13.7. The van der Waals surface area contributed by atoms with Crippen molar-refractivity contribution in [1.82, 2.24) is 0 Å². The summed E-state index contributed by atoms with van der Waals surface area (Å²) < 4.78 is 33.9. The van der Waals surface area contributed by atoms with Crippen LogP contribution in [0.5, 0.6) is 23.0 Å². The van der Waals surface area contributed by atoms with Crippen molar-refractivity contribution in [3.63, 3.8) is 0 Å². The molecule has 4 rings (SSSR count). The van der Waals surface area contributed by atoms with E-state index in [0.717, 1.165) is 23.3 Å². The third-order valence-corrected chi connectivity index (χ3v) is 13.1. The number of aliphatic hydroxyl groups is 1. The van der Waals surface area contributed by atoms with Gasteiger partial charge < -0.3 is 33.2 Å². The normalized spacial score (nSPS) is 19.7. The first-order valence-corrected chi connectivity index (χ1v) is 17.9. The SMILES string of the molecule is COCOc1ccc(C2(C)COc3cc(OCOC)ccc3C2(O)C#CCCc2ccc(O[Si](C)(C)C(C)(C)C)cc2)cc1. The number of fused-ring (bicyclic) bond motifs is 1. The average Bonchev–Trinajstić information content (AvgIpc) is 2.99. The zero-order valence-electron chi connectivity index (χ0n) is 27.3. The predicted octanol–water partition coefficient (Wildman–Crippen LogP) is 7.21. The first kappa shape index (κ1) is 33.4. The molecule has 1 N–H and O–H groups in total. The molecule has 0 amide bonds. The van der Waals surface area contributed by atoms with E-state index in [1.807, 2.05) is 49.4 Å². The molecule has 0 saturated carbocycles. The van der Waals surface area contributed by atoms with Crippen LogP contribution in [0.15, 0.2) is 66.7 Å². The molecule has 44 heavy (non-hydrogen) atoms. The standard InChI is InChI=1S/C36H46O7Si/c1-34(2,3)44(7,8)43-30-16-12-27(13-17-30)11-9-10-22-36(37)32-21-20-31(42-26-39-6)23-33(32)40-24-35(36,4)28-14-18-29(19-15-28)41-25-38-5/h12-21,23,37H,9,11,24-26H2,1-8H3. The van der Waals surface area contributed by atoms with Gasteiger partial charge in [-0.15, -0.1) is 0 Å². The van der Waals surface area contributed by atoms with Crippen LogP contribution >= 0.6 is 0 Å². The van der Waals surface area contributed by atoms with E-state index in [2.05, 4.69) is 57.8 Å². The lowest BCUT2D eigenvalue weighted by Gasteiger charge is -2.46. The Kier molecular flexibility index (Phi) is 10.4. The third-order valence-electron chi connectivity index (χ3n) is 8.75. The van der Waals surface area contributed by atoms with E-state index in [4.69, 9.17) is 28.1 Å². The summed E-state index contributed by atoms with van der Waals surface area (Å²) in [4.78, 5) is 0. The van der Waals surface area contributed by atoms with Gasteiger partial charge in [0.1, 0.15) is 29.6 Å². The van der Waals surface area contributed by atoms with E-state index in [1.54, 1.807) is 26.4 Å². The van der Waals surface area contributed by atoms with Crippen LogP contribution in [0, 0.1) is 11.8 Å². The molecular weight excluding hydrogens is 572 g/mol.